The maximum atomic E-state index is 13.3. The number of rotatable bonds is 4. The van der Waals surface area contributed by atoms with Crippen molar-refractivity contribution in [2.24, 2.45) is 11.8 Å². The number of amides is 1. The Hall–Kier alpha value is -1.45. The fourth-order valence-electron chi connectivity index (χ4n) is 3.72. The highest BCUT2D eigenvalue weighted by Gasteiger charge is 2.43. The van der Waals surface area contributed by atoms with Gasteiger partial charge in [-0.15, -0.1) is 0 Å². The largest absolute Gasteiger partial charge is 0.391 e. The Balaban J connectivity index is 1.77. The number of nitrogens with zero attached hydrogens (tertiary/aromatic N) is 3. The van der Waals surface area contributed by atoms with Crippen molar-refractivity contribution in [3.63, 3.8) is 0 Å². The molecule has 2 aliphatic rings. The van der Waals surface area contributed by atoms with Crippen LogP contribution in [0, 0.1) is 11.8 Å². The number of hydrogen-bond donors (Lipinski definition) is 0. The minimum atomic E-state index is -4.24. The number of hydrogen-bond acceptors (Lipinski definition) is 4. The highest BCUT2D eigenvalue weighted by atomic mass is 32.2. The van der Waals surface area contributed by atoms with Gasteiger partial charge in [0, 0.05) is 6.54 Å². The Morgan fingerprint density at radius 2 is 2.00 bits per heavy atom. The molecular formula is C16H18F5N3OS. The third kappa shape index (κ3) is 3.79. The molecule has 3 rings (SSSR count). The molecule has 1 aliphatic carbocycles. The number of carbonyl (C=O) groups is 1. The van der Waals surface area contributed by atoms with Crippen molar-refractivity contribution in [2.45, 2.75) is 50.0 Å². The summed E-state index contributed by atoms with van der Waals surface area (Å²) in [5, 5.41) is 0.156. The first kappa shape index (κ1) is 19.3. The van der Waals surface area contributed by atoms with Gasteiger partial charge in [0.05, 0.1) is 23.7 Å². The fraction of sp³-hybridized carbons (Fsp3) is 0.688. The van der Waals surface area contributed by atoms with E-state index in [4.69, 9.17) is 0 Å². The fourth-order valence-corrected chi connectivity index (χ4v) is 4.11. The lowest BCUT2D eigenvalue weighted by Gasteiger charge is -2.32. The first-order chi connectivity index (χ1) is 12.2. The van der Waals surface area contributed by atoms with Gasteiger partial charge >= 0.3 is 6.18 Å². The van der Waals surface area contributed by atoms with Gasteiger partial charge in [0.1, 0.15) is 5.69 Å². The number of aromatic nitrogens is 2. The van der Waals surface area contributed by atoms with Crippen molar-refractivity contribution >= 4 is 17.7 Å². The van der Waals surface area contributed by atoms with Crippen LogP contribution >= 0.6 is 11.8 Å². The van der Waals surface area contributed by atoms with Crippen LogP contribution in [0.3, 0.4) is 0 Å². The Morgan fingerprint density at radius 3 is 2.62 bits per heavy atom. The van der Waals surface area contributed by atoms with Crippen LogP contribution in [0.15, 0.2) is 5.16 Å². The molecule has 0 saturated heterocycles. The summed E-state index contributed by atoms with van der Waals surface area (Å²) >= 11 is 1.10. The van der Waals surface area contributed by atoms with E-state index in [-0.39, 0.29) is 48.3 Å². The minimum absolute atomic E-state index is 0.0347. The van der Waals surface area contributed by atoms with Gasteiger partial charge in [0.2, 0.25) is 0 Å². The molecule has 2 atom stereocenters. The maximum absolute atomic E-state index is 13.3. The van der Waals surface area contributed by atoms with Crippen LogP contribution in [0.5, 0.6) is 0 Å². The molecule has 1 saturated carbocycles. The molecule has 1 aromatic rings. The number of alkyl halides is 5. The zero-order valence-corrected chi connectivity index (χ0v) is 14.8. The molecule has 1 aromatic heterocycles. The summed E-state index contributed by atoms with van der Waals surface area (Å²) in [7, 11) is 0. The Bertz CT molecular complexity index is 697. The smallest absolute Gasteiger partial charge is 0.332 e. The van der Waals surface area contributed by atoms with Crippen molar-refractivity contribution in [1.82, 2.24) is 14.9 Å². The monoisotopic (exact) mass is 395 g/mol. The molecule has 0 bridgehead atoms. The minimum Gasteiger partial charge on any atom is -0.332 e. The van der Waals surface area contributed by atoms with Gasteiger partial charge in [-0.25, -0.2) is 18.7 Å². The summed E-state index contributed by atoms with van der Waals surface area (Å²) in [6.45, 7) is 0.163. The van der Waals surface area contributed by atoms with Gasteiger partial charge in [-0.1, -0.05) is 18.2 Å². The van der Waals surface area contributed by atoms with Gasteiger partial charge in [-0.3, -0.25) is 4.79 Å². The molecule has 0 unspecified atom stereocenters. The summed E-state index contributed by atoms with van der Waals surface area (Å²) in [6.07, 6.45) is -4.40. The summed E-state index contributed by atoms with van der Waals surface area (Å²) in [5.41, 5.74) is -0.558. The summed E-state index contributed by atoms with van der Waals surface area (Å²) in [6, 6.07) is 0. The summed E-state index contributed by atoms with van der Waals surface area (Å²) in [4.78, 5) is 21.8. The van der Waals surface area contributed by atoms with Crippen LogP contribution in [-0.4, -0.2) is 39.8 Å². The SMILES string of the molecule is CSc1nc2c(c(C(F)F)n1)C(=O)N(C[C@@H]1CCC[C@H](C(F)(F)F)C1)C2. The van der Waals surface area contributed by atoms with E-state index in [0.717, 1.165) is 11.8 Å². The average molecular weight is 395 g/mol. The molecule has 26 heavy (non-hydrogen) atoms. The van der Waals surface area contributed by atoms with Gasteiger partial charge in [-0.05, 0) is 31.4 Å². The molecule has 2 heterocycles. The van der Waals surface area contributed by atoms with E-state index in [9.17, 15) is 26.7 Å². The predicted octanol–water partition coefficient (Wildman–Crippen LogP) is 4.46. The standard InChI is InChI=1S/C16H18F5N3OS/c1-26-15-22-10-7-24(14(25)11(10)12(23-15)13(17)18)6-8-3-2-4-9(5-8)16(19,20)21/h8-9,13H,2-7H2,1H3/t8-,9+/m1/s1. The van der Waals surface area contributed by atoms with Crippen molar-refractivity contribution in [3.8, 4) is 0 Å². The number of halogens is 5. The molecule has 1 aliphatic heterocycles. The molecule has 144 valence electrons. The quantitative estimate of drug-likeness (QED) is 0.429. The van der Waals surface area contributed by atoms with E-state index < -0.39 is 30.1 Å². The molecule has 1 fully saturated rings. The molecule has 0 spiro atoms. The molecular weight excluding hydrogens is 377 g/mol. The lowest BCUT2D eigenvalue weighted by atomic mass is 9.81. The van der Waals surface area contributed by atoms with Crippen molar-refractivity contribution in [1.29, 1.82) is 0 Å². The second-order valence-electron chi connectivity index (χ2n) is 6.67. The van der Waals surface area contributed by atoms with E-state index in [1.165, 1.54) is 4.90 Å². The first-order valence-corrected chi connectivity index (χ1v) is 9.52. The van der Waals surface area contributed by atoms with Crippen LogP contribution in [0.2, 0.25) is 0 Å². The van der Waals surface area contributed by atoms with Crippen molar-refractivity contribution in [2.75, 3.05) is 12.8 Å². The van der Waals surface area contributed by atoms with Gasteiger partial charge in [-0.2, -0.15) is 13.2 Å². The zero-order chi connectivity index (χ0) is 19.1. The lowest BCUT2D eigenvalue weighted by Crippen LogP contribution is -2.35. The number of fused-ring (bicyclic) bond motifs is 1. The molecule has 0 radical (unpaired) electrons. The van der Waals surface area contributed by atoms with Gasteiger partial charge in [0.15, 0.2) is 5.16 Å². The van der Waals surface area contributed by atoms with Gasteiger partial charge < -0.3 is 4.90 Å². The molecule has 10 heteroatoms. The van der Waals surface area contributed by atoms with E-state index in [1.54, 1.807) is 6.26 Å². The first-order valence-electron chi connectivity index (χ1n) is 8.29. The van der Waals surface area contributed by atoms with Crippen LogP contribution in [0.1, 0.15) is 53.9 Å². The summed E-state index contributed by atoms with van der Waals surface area (Å²) < 4.78 is 65.5. The van der Waals surface area contributed by atoms with Crippen LogP contribution < -0.4 is 0 Å². The predicted molar refractivity (Wildman–Crippen MR) is 85.0 cm³/mol. The highest BCUT2D eigenvalue weighted by Crippen LogP contribution is 2.41. The average Bonchev–Trinajstić information content (AvgIpc) is 2.89. The molecule has 0 aromatic carbocycles. The Labute approximate surface area is 151 Å². The molecule has 1 amide bonds. The second-order valence-corrected chi connectivity index (χ2v) is 7.45. The van der Waals surface area contributed by atoms with Crippen LogP contribution in [-0.2, 0) is 6.54 Å². The third-order valence-electron chi connectivity index (χ3n) is 4.95. The normalized spacial score (nSPS) is 23.7. The van der Waals surface area contributed by atoms with E-state index in [0.29, 0.717) is 12.8 Å². The van der Waals surface area contributed by atoms with E-state index >= 15 is 0 Å². The Morgan fingerprint density at radius 1 is 1.27 bits per heavy atom. The van der Waals surface area contributed by atoms with Crippen molar-refractivity contribution in [3.05, 3.63) is 17.0 Å². The maximum Gasteiger partial charge on any atom is 0.391 e. The summed E-state index contributed by atoms with van der Waals surface area (Å²) in [5.74, 6) is -2.27. The van der Waals surface area contributed by atoms with Crippen LogP contribution in [0.4, 0.5) is 22.0 Å². The topological polar surface area (TPSA) is 46.1 Å². The van der Waals surface area contributed by atoms with Crippen LogP contribution in [0.25, 0.3) is 0 Å². The second kappa shape index (κ2) is 7.28. The molecule has 0 N–H and O–H groups in total. The Kier molecular flexibility index (Phi) is 5.41. The zero-order valence-electron chi connectivity index (χ0n) is 14.0. The third-order valence-corrected chi connectivity index (χ3v) is 5.49. The molecule has 4 nitrogen and oxygen atoms in total. The lowest BCUT2D eigenvalue weighted by molar-refractivity contribution is -0.186. The van der Waals surface area contributed by atoms with E-state index in [2.05, 4.69) is 9.97 Å². The van der Waals surface area contributed by atoms with E-state index in [1.807, 2.05) is 0 Å². The number of thioether (sulfide) groups is 1. The van der Waals surface area contributed by atoms with Crippen molar-refractivity contribution < 1.29 is 26.7 Å². The van der Waals surface area contributed by atoms with Gasteiger partial charge in [0.25, 0.3) is 12.3 Å². The number of carbonyl (C=O) groups excluding carboxylic acids is 1. The highest BCUT2D eigenvalue weighted by molar-refractivity contribution is 7.98.